The van der Waals surface area contributed by atoms with Gasteiger partial charge in [0.2, 0.25) is 11.8 Å². The summed E-state index contributed by atoms with van der Waals surface area (Å²) in [5.74, 6) is 0.259. The maximum absolute atomic E-state index is 13.2. The summed E-state index contributed by atoms with van der Waals surface area (Å²) >= 11 is 0. The predicted molar refractivity (Wildman–Crippen MR) is 119 cm³/mol. The molecule has 2 saturated heterocycles. The van der Waals surface area contributed by atoms with Crippen molar-refractivity contribution < 1.29 is 19.3 Å². The fourth-order valence-electron chi connectivity index (χ4n) is 4.38. The Balaban J connectivity index is 1.61. The number of hydrogen-bond acceptors (Lipinski definition) is 5. The van der Waals surface area contributed by atoms with E-state index in [1.165, 1.54) is 18.2 Å². The fourth-order valence-corrected chi connectivity index (χ4v) is 4.38. The molecule has 3 rings (SSSR count). The van der Waals surface area contributed by atoms with Crippen LogP contribution in [0.4, 0.5) is 5.69 Å². The summed E-state index contributed by atoms with van der Waals surface area (Å²) in [6.07, 6.45) is 2.73. The van der Waals surface area contributed by atoms with E-state index >= 15 is 0 Å². The van der Waals surface area contributed by atoms with Gasteiger partial charge in [-0.15, -0.1) is 0 Å². The molecular formula is C23H32N4O5. The molecule has 2 aliphatic rings. The SMILES string of the molecule is Cc1cc(C(=O)N2CCCC2C(=O)N2CCN(C(=O)CCC(C)C)CC2)ccc1[N+](=O)[O-]. The second-order valence-electron chi connectivity index (χ2n) is 9.05. The Labute approximate surface area is 188 Å². The summed E-state index contributed by atoms with van der Waals surface area (Å²) in [6.45, 7) is 8.26. The predicted octanol–water partition coefficient (Wildman–Crippen LogP) is 2.61. The van der Waals surface area contributed by atoms with Crippen LogP contribution in [0, 0.1) is 23.0 Å². The van der Waals surface area contributed by atoms with Crippen molar-refractivity contribution in [3.8, 4) is 0 Å². The van der Waals surface area contributed by atoms with Gasteiger partial charge in [0, 0.05) is 56.3 Å². The molecule has 0 radical (unpaired) electrons. The molecule has 0 spiro atoms. The molecule has 0 bridgehead atoms. The summed E-state index contributed by atoms with van der Waals surface area (Å²) in [5, 5.41) is 11.0. The third kappa shape index (κ3) is 5.26. The Bertz CT molecular complexity index is 892. The van der Waals surface area contributed by atoms with Gasteiger partial charge in [0.15, 0.2) is 0 Å². The summed E-state index contributed by atoms with van der Waals surface area (Å²) in [6, 6.07) is 3.78. The van der Waals surface area contributed by atoms with E-state index in [0.29, 0.717) is 62.6 Å². The lowest BCUT2D eigenvalue weighted by Gasteiger charge is -2.37. The number of rotatable bonds is 6. The van der Waals surface area contributed by atoms with Crippen LogP contribution in [0.15, 0.2) is 18.2 Å². The monoisotopic (exact) mass is 444 g/mol. The van der Waals surface area contributed by atoms with E-state index in [4.69, 9.17) is 0 Å². The van der Waals surface area contributed by atoms with Crippen molar-refractivity contribution in [3.63, 3.8) is 0 Å². The first-order valence-electron chi connectivity index (χ1n) is 11.3. The standard InChI is InChI=1S/C23H32N4O5/c1-16(2)6-9-21(28)24-11-13-25(14-12-24)23(30)20-5-4-10-26(20)22(29)18-7-8-19(27(31)32)17(3)15-18/h7-8,15-16,20H,4-6,9-14H2,1-3H3. The van der Waals surface area contributed by atoms with Crippen LogP contribution in [0.3, 0.4) is 0 Å². The average molecular weight is 445 g/mol. The maximum atomic E-state index is 13.2. The second-order valence-corrected chi connectivity index (χ2v) is 9.05. The molecular weight excluding hydrogens is 412 g/mol. The van der Waals surface area contributed by atoms with Crippen LogP contribution in [-0.2, 0) is 9.59 Å². The average Bonchev–Trinajstić information content (AvgIpc) is 3.26. The van der Waals surface area contributed by atoms with E-state index in [-0.39, 0.29) is 23.4 Å². The lowest BCUT2D eigenvalue weighted by atomic mass is 10.1. The number of carbonyl (C=O) groups is 3. The van der Waals surface area contributed by atoms with E-state index < -0.39 is 11.0 Å². The van der Waals surface area contributed by atoms with Crippen LogP contribution >= 0.6 is 0 Å². The summed E-state index contributed by atoms with van der Waals surface area (Å²) in [7, 11) is 0. The number of aryl methyl sites for hydroxylation is 1. The molecule has 9 heteroatoms. The Hall–Kier alpha value is -2.97. The van der Waals surface area contributed by atoms with Crippen LogP contribution in [0.5, 0.6) is 0 Å². The fraction of sp³-hybridized carbons (Fsp3) is 0.609. The smallest absolute Gasteiger partial charge is 0.272 e. The van der Waals surface area contributed by atoms with E-state index in [1.807, 2.05) is 4.90 Å². The largest absolute Gasteiger partial charge is 0.339 e. The maximum Gasteiger partial charge on any atom is 0.272 e. The first kappa shape index (κ1) is 23.7. The zero-order valence-corrected chi connectivity index (χ0v) is 19.1. The van der Waals surface area contributed by atoms with Gasteiger partial charge in [-0.1, -0.05) is 13.8 Å². The van der Waals surface area contributed by atoms with Gasteiger partial charge >= 0.3 is 0 Å². The first-order chi connectivity index (χ1) is 15.2. The molecule has 2 heterocycles. The highest BCUT2D eigenvalue weighted by Gasteiger charge is 2.38. The van der Waals surface area contributed by atoms with E-state index in [0.717, 1.165) is 12.8 Å². The molecule has 2 aliphatic heterocycles. The molecule has 0 aliphatic carbocycles. The number of amides is 3. The molecule has 2 fully saturated rings. The molecule has 3 amide bonds. The van der Waals surface area contributed by atoms with Crippen molar-refractivity contribution in [3.05, 3.63) is 39.4 Å². The van der Waals surface area contributed by atoms with Crippen LogP contribution < -0.4 is 0 Å². The third-order valence-corrected chi connectivity index (χ3v) is 6.32. The molecule has 0 saturated carbocycles. The zero-order chi connectivity index (χ0) is 23.4. The van der Waals surface area contributed by atoms with Crippen LogP contribution in [0.2, 0.25) is 0 Å². The number of nitro groups is 1. The topological polar surface area (TPSA) is 104 Å². The van der Waals surface area contributed by atoms with Gasteiger partial charge in [-0.05, 0) is 44.2 Å². The highest BCUT2D eigenvalue weighted by atomic mass is 16.6. The number of nitrogens with zero attached hydrogens (tertiary/aromatic N) is 4. The van der Waals surface area contributed by atoms with Gasteiger partial charge in [0.25, 0.3) is 11.6 Å². The van der Waals surface area contributed by atoms with Gasteiger partial charge in [-0.2, -0.15) is 0 Å². The lowest BCUT2D eigenvalue weighted by Crippen LogP contribution is -2.55. The number of piperazine rings is 1. The lowest BCUT2D eigenvalue weighted by molar-refractivity contribution is -0.385. The minimum atomic E-state index is -0.527. The Morgan fingerprint density at radius 1 is 1.09 bits per heavy atom. The quantitative estimate of drug-likeness (QED) is 0.496. The number of benzene rings is 1. The number of likely N-dealkylation sites (tertiary alicyclic amines) is 1. The first-order valence-corrected chi connectivity index (χ1v) is 11.3. The highest BCUT2D eigenvalue weighted by molar-refractivity contribution is 5.98. The van der Waals surface area contributed by atoms with Gasteiger partial charge in [0.1, 0.15) is 6.04 Å². The molecule has 174 valence electrons. The van der Waals surface area contributed by atoms with Crippen molar-refractivity contribution in [1.82, 2.24) is 14.7 Å². The van der Waals surface area contributed by atoms with Crippen molar-refractivity contribution in [2.75, 3.05) is 32.7 Å². The van der Waals surface area contributed by atoms with Crippen molar-refractivity contribution in [2.24, 2.45) is 5.92 Å². The molecule has 9 nitrogen and oxygen atoms in total. The summed E-state index contributed by atoms with van der Waals surface area (Å²) < 4.78 is 0. The molecule has 1 unspecified atom stereocenters. The van der Waals surface area contributed by atoms with Crippen molar-refractivity contribution in [1.29, 1.82) is 0 Å². The molecule has 0 N–H and O–H groups in total. The number of hydrogen-bond donors (Lipinski definition) is 0. The summed E-state index contributed by atoms with van der Waals surface area (Å²) in [4.78, 5) is 54.4. The Morgan fingerprint density at radius 2 is 1.75 bits per heavy atom. The van der Waals surface area contributed by atoms with Gasteiger partial charge in [-0.25, -0.2) is 0 Å². The molecule has 1 aromatic rings. The minimum Gasteiger partial charge on any atom is -0.339 e. The second kappa shape index (κ2) is 10.1. The van der Waals surface area contributed by atoms with E-state index in [1.54, 1.807) is 16.7 Å². The third-order valence-electron chi connectivity index (χ3n) is 6.32. The van der Waals surface area contributed by atoms with Crippen molar-refractivity contribution >= 4 is 23.4 Å². The Kier molecular flexibility index (Phi) is 7.48. The normalized spacial score (nSPS) is 18.9. The van der Waals surface area contributed by atoms with Crippen LogP contribution in [0.1, 0.15) is 55.5 Å². The summed E-state index contributed by atoms with van der Waals surface area (Å²) in [5.41, 5.74) is 0.742. The molecule has 32 heavy (non-hydrogen) atoms. The van der Waals surface area contributed by atoms with Gasteiger partial charge in [-0.3, -0.25) is 24.5 Å². The minimum absolute atomic E-state index is 0.0311. The van der Waals surface area contributed by atoms with E-state index in [2.05, 4.69) is 13.8 Å². The van der Waals surface area contributed by atoms with Crippen LogP contribution in [-0.4, -0.2) is 76.1 Å². The zero-order valence-electron chi connectivity index (χ0n) is 19.1. The molecule has 0 aromatic heterocycles. The molecule has 1 atom stereocenters. The number of carbonyl (C=O) groups excluding carboxylic acids is 3. The van der Waals surface area contributed by atoms with Gasteiger partial charge in [0.05, 0.1) is 4.92 Å². The Morgan fingerprint density at radius 3 is 2.34 bits per heavy atom. The van der Waals surface area contributed by atoms with E-state index in [9.17, 15) is 24.5 Å². The van der Waals surface area contributed by atoms with Crippen molar-refractivity contribution in [2.45, 2.75) is 52.5 Å². The highest BCUT2D eigenvalue weighted by Crippen LogP contribution is 2.25. The van der Waals surface area contributed by atoms with Crippen LogP contribution in [0.25, 0.3) is 0 Å². The number of nitro benzene ring substituents is 1. The molecule has 1 aromatic carbocycles. The van der Waals surface area contributed by atoms with Gasteiger partial charge < -0.3 is 14.7 Å².